The summed E-state index contributed by atoms with van der Waals surface area (Å²) in [6.07, 6.45) is -3.15. The Morgan fingerprint density at radius 2 is 0.800 bits per heavy atom. The standard InChI is InChI=1S/C50H63N9O16/c1-28(2)20-33(55-44(68)32(51)18-19-41(62)63)46(70)57-36(24-42(64)65)45(69)53-26-39(60)52-27-40(61)54-34(21-29-12-6-3-7-13-29)47(71)56-35(22-30-14-8-4-9-15-30)48(72)58-37(25-43(66)67)49(73)59-38(50(74)75)23-31-16-10-5-11-17-31/h3-17,28,32-38H,18-27,51H2,1-2H3,(H,52,60)(H,53,69)(H,54,61)(H,55,68)(H,56,71)(H,57,70)(H,58,72)(H,59,73)(H,62,63)(H,64,65)(H,66,67)(H,74,75)/t32-,33-,34-,35-,36-,37-,38-/m0/s1. The van der Waals surface area contributed by atoms with Crippen molar-refractivity contribution in [1.82, 2.24) is 42.5 Å². The minimum absolute atomic E-state index is 0.00971. The van der Waals surface area contributed by atoms with E-state index < -0.39 is 146 Å². The number of benzene rings is 3. The average molecular weight is 1050 g/mol. The van der Waals surface area contributed by atoms with Crippen LogP contribution < -0.4 is 48.3 Å². The van der Waals surface area contributed by atoms with Crippen LogP contribution in [0.5, 0.6) is 0 Å². The number of amides is 8. The molecule has 25 nitrogen and oxygen atoms in total. The van der Waals surface area contributed by atoms with Crippen molar-refractivity contribution < 1.29 is 78.0 Å². The monoisotopic (exact) mass is 1050 g/mol. The first-order valence-electron chi connectivity index (χ1n) is 23.6. The second kappa shape index (κ2) is 31.0. The summed E-state index contributed by atoms with van der Waals surface area (Å²) in [5.74, 6) is -13.9. The normalized spacial score (nSPS) is 13.6. The molecule has 0 aromatic heterocycles. The number of carbonyl (C=O) groups is 12. The lowest BCUT2D eigenvalue weighted by Gasteiger charge is -2.26. The first-order chi connectivity index (χ1) is 35.5. The van der Waals surface area contributed by atoms with E-state index in [4.69, 9.17) is 10.8 Å². The molecule has 3 aromatic rings. The molecule has 0 aliphatic heterocycles. The highest BCUT2D eigenvalue weighted by molar-refractivity contribution is 5.98. The molecule has 0 radical (unpaired) electrons. The third-order valence-corrected chi connectivity index (χ3v) is 11.0. The molecule has 3 aromatic carbocycles. The Bertz CT molecular complexity index is 2480. The van der Waals surface area contributed by atoms with Crippen LogP contribution in [-0.2, 0) is 76.8 Å². The van der Waals surface area contributed by atoms with E-state index in [1.54, 1.807) is 105 Å². The van der Waals surface area contributed by atoms with E-state index in [9.17, 15) is 72.9 Å². The maximum atomic E-state index is 14.1. The van der Waals surface area contributed by atoms with Gasteiger partial charge in [-0.05, 0) is 35.4 Å². The van der Waals surface area contributed by atoms with Crippen molar-refractivity contribution >= 4 is 71.1 Å². The maximum absolute atomic E-state index is 14.1. The van der Waals surface area contributed by atoms with Crippen molar-refractivity contribution in [2.24, 2.45) is 11.7 Å². The van der Waals surface area contributed by atoms with Crippen LogP contribution >= 0.6 is 0 Å². The van der Waals surface area contributed by atoms with Crippen molar-refractivity contribution in [1.29, 1.82) is 0 Å². The van der Waals surface area contributed by atoms with Gasteiger partial charge in [0, 0.05) is 25.7 Å². The molecule has 0 bridgehead atoms. The van der Waals surface area contributed by atoms with E-state index in [0.717, 1.165) is 0 Å². The van der Waals surface area contributed by atoms with Gasteiger partial charge in [0.05, 0.1) is 32.0 Å². The molecule has 75 heavy (non-hydrogen) atoms. The van der Waals surface area contributed by atoms with Gasteiger partial charge in [-0.1, -0.05) is 105 Å². The molecule has 404 valence electrons. The predicted molar refractivity (Wildman–Crippen MR) is 264 cm³/mol. The van der Waals surface area contributed by atoms with E-state index in [0.29, 0.717) is 16.7 Å². The Balaban J connectivity index is 1.74. The van der Waals surface area contributed by atoms with Crippen molar-refractivity contribution in [2.45, 2.75) is 108 Å². The minimum Gasteiger partial charge on any atom is -0.481 e. The summed E-state index contributed by atoms with van der Waals surface area (Å²) < 4.78 is 0. The zero-order chi connectivity index (χ0) is 55.6. The maximum Gasteiger partial charge on any atom is 0.326 e. The number of carboxylic acid groups (broad SMARTS) is 4. The third-order valence-electron chi connectivity index (χ3n) is 11.0. The molecule has 0 aliphatic carbocycles. The predicted octanol–water partition coefficient (Wildman–Crippen LogP) is -1.87. The topological polar surface area (TPSA) is 408 Å². The molecule has 0 fully saturated rings. The summed E-state index contributed by atoms with van der Waals surface area (Å²) >= 11 is 0. The van der Waals surface area contributed by atoms with Crippen LogP contribution in [0.4, 0.5) is 0 Å². The fourth-order valence-corrected chi connectivity index (χ4v) is 7.19. The number of carbonyl (C=O) groups excluding carboxylic acids is 8. The molecule has 8 amide bonds. The second-order valence-corrected chi connectivity index (χ2v) is 17.7. The SMILES string of the molecule is CC(C)C[C@H](NC(=O)[C@@H](N)CCC(=O)O)C(=O)N[C@@H](CC(=O)O)C(=O)NCC(=O)NCC(=O)N[C@@H](Cc1ccccc1)C(=O)N[C@@H](Cc1ccccc1)C(=O)N[C@@H](CC(=O)O)C(=O)N[C@@H](Cc1ccccc1)C(=O)O. The molecular formula is C50H63N9O16. The van der Waals surface area contributed by atoms with Crippen LogP contribution in [0.3, 0.4) is 0 Å². The number of rotatable bonds is 32. The molecule has 7 atom stereocenters. The van der Waals surface area contributed by atoms with Crippen LogP contribution in [0.1, 0.15) is 62.6 Å². The van der Waals surface area contributed by atoms with Crippen LogP contribution in [0, 0.1) is 5.92 Å². The molecule has 0 aliphatic rings. The number of nitrogens with two attached hydrogens (primary N) is 1. The zero-order valence-electron chi connectivity index (χ0n) is 41.1. The van der Waals surface area contributed by atoms with Crippen molar-refractivity contribution in [2.75, 3.05) is 13.1 Å². The fourth-order valence-electron chi connectivity index (χ4n) is 7.19. The number of hydrogen-bond donors (Lipinski definition) is 13. The molecule has 3 rings (SSSR count). The first-order valence-corrected chi connectivity index (χ1v) is 23.6. The van der Waals surface area contributed by atoms with Gasteiger partial charge in [0.15, 0.2) is 0 Å². The number of carboxylic acids is 4. The highest BCUT2D eigenvalue weighted by Crippen LogP contribution is 2.11. The van der Waals surface area contributed by atoms with E-state index in [-0.39, 0.29) is 38.0 Å². The van der Waals surface area contributed by atoms with Gasteiger partial charge in [-0.25, -0.2) is 4.79 Å². The van der Waals surface area contributed by atoms with E-state index in [1.165, 1.54) is 0 Å². The molecule has 0 heterocycles. The molecule has 0 unspecified atom stereocenters. The lowest BCUT2D eigenvalue weighted by Crippen LogP contribution is -2.59. The van der Waals surface area contributed by atoms with Gasteiger partial charge < -0.3 is 68.7 Å². The second-order valence-electron chi connectivity index (χ2n) is 17.7. The molecule has 0 saturated carbocycles. The summed E-state index contributed by atoms with van der Waals surface area (Å²) in [7, 11) is 0. The summed E-state index contributed by atoms with van der Waals surface area (Å²) in [5, 5.41) is 56.7. The molecule has 25 heteroatoms. The van der Waals surface area contributed by atoms with Crippen LogP contribution in [0.25, 0.3) is 0 Å². The summed E-state index contributed by atoms with van der Waals surface area (Å²) in [5.41, 5.74) is 7.37. The number of nitrogens with one attached hydrogen (secondary N) is 8. The lowest BCUT2D eigenvalue weighted by atomic mass is 10.0. The molecule has 0 spiro atoms. The average Bonchev–Trinajstić information content (AvgIpc) is 3.35. The molecule has 14 N–H and O–H groups in total. The van der Waals surface area contributed by atoms with E-state index >= 15 is 0 Å². The van der Waals surface area contributed by atoms with Crippen molar-refractivity contribution in [3.05, 3.63) is 108 Å². The Morgan fingerprint density at radius 1 is 0.427 bits per heavy atom. The van der Waals surface area contributed by atoms with E-state index in [2.05, 4.69) is 42.5 Å². The Kier molecular flexibility index (Phi) is 25.0. The zero-order valence-corrected chi connectivity index (χ0v) is 41.1. The van der Waals surface area contributed by atoms with Gasteiger partial charge >= 0.3 is 23.9 Å². The fraction of sp³-hybridized carbons (Fsp3) is 0.400. The molecule has 0 saturated heterocycles. The molecular weight excluding hydrogens is 983 g/mol. The van der Waals surface area contributed by atoms with Crippen molar-refractivity contribution in [3.8, 4) is 0 Å². The number of aliphatic carboxylic acids is 4. The van der Waals surface area contributed by atoms with Crippen LogP contribution in [-0.4, -0.2) is 147 Å². The first kappa shape index (κ1) is 60.6. The number of hydrogen-bond acceptors (Lipinski definition) is 13. The Hall–Kier alpha value is -8.74. The van der Waals surface area contributed by atoms with Gasteiger partial charge in [0.2, 0.25) is 47.3 Å². The quantitative estimate of drug-likeness (QED) is 0.0326. The smallest absolute Gasteiger partial charge is 0.326 e. The van der Waals surface area contributed by atoms with Gasteiger partial charge in [-0.2, -0.15) is 0 Å². The van der Waals surface area contributed by atoms with Gasteiger partial charge in [0.25, 0.3) is 0 Å². The Morgan fingerprint density at radius 3 is 1.24 bits per heavy atom. The van der Waals surface area contributed by atoms with Gasteiger partial charge in [-0.3, -0.25) is 52.7 Å². The van der Waals surface area contributed by atoms with Crippen molar-refractivity contribution in [3.63, 3.8) is 0 Å². The van der Waals surface area contributed by atoms with Gasteiger partial charge in [-0.15, -0.1) is 0 Å². The minimum atomic E-state index is -1.82. The van der Waals surface area contributed by atoms with Gasteiger partial charge in [0.1, 0.15) is 36.3 Å². The summed E-state index contributed by atoms with van der Waals surface area (Å²) in [6.45, 7) is 1.80. The van der Waals surface area contributed by atoms with E-state index in [1.807, 2.05) is 0 Å². The Labute approximate surface area is 430 Å². The summed E-state index contributed by atoms with van der Waals surface area (Å²) in [6, 6.07) is 14.1. The highest BCUT2D eigenvalue weighted by Gasteiger charge is 2.34. The lowest BCUT2D eigenvalue weighted by molar-refractivity contribution is -0.144. The van der Waals surface area contributed by atoms with Crippen LogP contribution in [0.2, 0.25) is 0 Å². The highest BCUT2D eigenvalue weighted by atomic mass is 16.4. The summed E-state index contributed by atoms with van der Waals surface area (Å²) in [4.78, 5) is 154. The largest absolute Gasteiger partial charge is 0.481 e. The third kappa shape index (κ3) is 23.1. The van der Waals surface area contributed by atoms with Crippen LogP contribution in [0.15, 0.2) is 91.0 Å².